The first kappa shape index (κ1) is 15.7. The molecular formula is C15H10Cl4O. The quantitative estimate of drug-likeness (QED) is 0.697. The molecular weight excluding hydrogens is 338 g/mol. The molecule has 104 valence electrons. The fourth-order valence-electron chi connectivity index (χ4n) is 1.86. The maximum Gasteiger partial charge on any atom is 0.141 e. The summed E-state index contributed by atoms with van der Waals surface area (Å²) in [5, 5.41) is 1.72. The fraction of sp³-hybridized carbons (Fsp3) is 0.133. The van der Waals surface area contributed by atoms with Gasteiger partial charge in [0.1, 0.15) is 5.78 Å². The van der Waals surface area contributed by atoms with E-state index in [2.05, 4.69) is 0 Å². The minimum atomic E-state index is -0.00154. The summed E-state index contributed by atoms with van der Waals surface area (Å²) < 4.78 is 0. The van der Waals surface area contributed by atoms with Crippen LogP contribution in [0.4, 0.5) is 0 Å². The van der Waals surface area contributed by atoms with Crippen molar-refractivity contribution in [3.05, 3.63) is 67.6 Å². The number of rotatable bonds is 4. The molecule has 1 nitrogen and oxygen atoms in total. The number of hydrogen-bond acceptors (Lipinski definition) is 1. The molecule has 0 aliphatic carbocycles. The number of halogens is 4. The van der Waals surface area contributed by atoms with Crippen LogP contribution in [0, 0.1) is 0 Å². The van der Waals surface area contributed by atoms with E-state index in [-0.39, 0.29) is 18.6 Å². The van der Waals surface area contributed by atoms with Gasteiger partial charge in [-0.3, -0.25) is 4.79 Å². The highest BCUT2D eigenvalue weighted by Crippen LogP contribution is 2.28. The van der Waals surface area contributed by atoms with Crippen LogP contribution in [-0.4, -0.2) is 5.78 Å². The molecule has 2 aromatic carbocycles. The Hall–Kier alpha value is -0.730. The zero-order valence-electron chi connectivity index (χ0n) is 10.3. The SMILES string of the molecule is O=C(Cc1cccc(Cl)c1Cl)Cc1cccc(Cl)c1Cl. The van der Waals surface area contributed by atoms with Crippen molar-refractivity contribution >= 4 is 52.2 Å². The van der Waals surface area contributed by atoms with Crippen LogP contribution in [-0.2, 0) is 17.6 Å². The predicted molar refractivity (Wildman–Crippen MR) is 85.3 cm³/mol. The van der Waals surface area contributed by atoms with Crippen molar-refractivity contribution in [2.75, 3.05) is 0 Å². The zero-order chi connectivity index (χ0) is 14.7. The van der Waals surface area contributed by atoms with Gasteiger partial charge < -0.3 is 0 Å². The van der Waals surface area contributed by atoms with E-state index in [0.29, 0.717) is 31.2 Å². The number of benzene rings is 2. The van der Waals surface area contributed by atoms with E-state index in [0.717, 1.165) is 0 Å². The van der Waals surface area contributed by atoms with Gasteiger partial charge >= 0.3 is 0 Å². The second kappa shape index (κ2) is 6.82. The fourth-order valence-corrected chi connectivity index (χ4v) is 2.63. The van der Waals surface area contributed by atoms with Crippen molar-refractivity contribution in [1.29, 1.82) is 0 Å². The number of carbonyl (C=O) groups excluding carboxylic acids is 1. The van der Waals surface area contributed by atoms with Crippen LogP contribution in [0.3, 0.4) is 0 Å². The summed E-state index contributed by atoms with van der Waals surface area (Å²) in [7, 11) is 0. The van der Waals surface area contributed by atoms with Crippen LogP contribution < -0.4 is 0 Å². The lowest BCUT2D eigenvalue weighted by Crippen LogP contribution is -2.07. The van der Waals surface area contributed by atoms with Gasteiger partial charge in [-0.15, -0.1) is 0 Å². The largest absolute Gasteiger partial charge is 0.299 e. The molecule has 0 bridgehead atoms. The van der Waals surface area contributed by atoms with Gasteiger partial charge in [-0.05, 0) is 23.3 Å². The third kappa shape index (κ3) is 3.67. The molecule has 0 fully saturated rings. The summed E-state index contributed by atoms with van der Waals surface area (Å²) in [5.41, 5.74) is 1.42. The molecule has 2 aromatic rings. The van der Waals surface area contributed by atoms with Gasteiger partial charge in [-0.2, -0.15) is 0 Å². The summed E-state index contributed by atoms with van der Waals surface area (Å²) >= 11 is 24.0. The Morgan fingerprint density at radius 3 is 1.55 bits per heavy atom. The number of ketones is 1. The number of carbonyl (C=O) groups is 1. The molecule has 0 N–H and O–H groups in total. The minimum Gasteiger partial charge on any atom is -0.299 e. The van der Waals surface area contributed by atoms with Gasteiger partial charge in [0.15, 0.2) is 0 Å². The van der Waals surface area contributed by atoms with Gasteiger partial charge in [0.05, 0.1) is 20.1 Å². The second-order valence-corrected chi connectivity index (χ2v) is 5.89. The number of hydrogen-bond donors (Lipinski definition) is 0. The molecule has 0 atom stereocenters. The number of Topliss-reactive ketones (excluding diaryl/α,β-unsaturated/α-hetero) is 1. The van der Waals surface area contributed by atoms with Gasteiger partial charge in [0.2, 0.25) is 0 Å². The molecule has 0 aromatic heterocycles. The zero-order valence-corrected chi connectivity index (χ0v) is 13.3. The highest BCUT2D eigenvalue weighted by Gasteiger charge is 2.12. The first-order valence-electron chi connectivity index (χ1n) is 5.86. The molecule has 0 saturated heterocycles. The topological polar surface area (TPSA) is 17.1 Å². The molecule has 0 aliphatic heterocycles. The maximum absolute atomic E-state index is 12.1. The van der Waals surface area contributed by atoms with Crippen LogP contribution in [0.25, 0.3) is 0 Å². The summed E-state index contributed by atoms with van der Waals surface area (Å²) in [6, 6.07) is 10.5. The molecule has 20 heavy (non-hydrogen) atoms. The van der Waals surface area contributed by atoms with Crippen molar-refractivity contribution in [2.24, 2.45) is 0 Å². The first-order valence-corrected chi connectivity index (χ1v) is 7.37. The Balaban J connectivity index is 2.13. The summed E-state index contributed by atoms with van der Waals surface area (Å²) in [4.78, 5) is 12.1. The summed E-state index contributed by atoms with van der Waals surface area (Å²) in [6.45, 7) is 0. The van der Waals surface area contributed by atoms with Crippen molar-refractivity contribution < 1.29 is 4.79 Å². The van der Waals surface area contributed by atoms with E-state index in [1.165, 1.54) is 0 Å². The summed E-state index contributed by atoms with van der Waals surface area (Å²) in [6.07, 6.45) is 0.421. The third-order valence-electron chi connectivity index (χ3n) is 2.84. The van der Waals surface area contributed by atoms with Crippen LogP contribution in [0.15, 0.2) is 36.4 Å². The highest BCUT2D eigenvalue weighted by atomic mass is 35.5. The van der Waals surface area contributed by atoms with E-state index >= 15 is 0 Å². The lowest BCUT2D eigenvalue weighted by atomic mass is 10.0. The lowest BCUT2D eigenvalue weighted by Gasteiger charge is -2.07. The predicted octanol–water partition coefficient (Wildman–Crippen LogP) is 5.65. The van der Waals surface area contributed by atoms with Gasteiger partial charge in [0, 0.05) is 12.8 Å². The average molecular weight is 348 g/mol. The Kier molecular flexibility index (Phi) is 5.34. The Labute approximate surface area is 137 Å². The Bertz CT molecular complexity index is 597. The van der Waals surface area contributed by atoms with Crippen LogP contribution in [0.2, 0.25) is 20.1 Å². The minimum absolute atomic E-state index is 0.00154. The van der Waals surface area contributed by atoms with E-state index in [1.807, 2.05) is 0 Å². The van der Waals surface area contributed by atoms with E-state index in [1.54, 1.807) is 36.4 Å². The lowest BCUT2D eigenvalue weighted by molar-refractivity contribution is -0.117. The third-order valence-corrected chi connectivity index (χ3v) is 4.55. The van der Waals surface area contributed by atoms with Crippen LogP contribution >= 0.6 is 46.4 Å². The molecule has 0 amide bonds. The molecule has 0 heterocycles. The Morgan fingerprint density at radius 1 is 0.750 bits per heavy atom. The van der Waals surface area contributed by atoms with Crippen LogP contribution in [0.5, 0.6) is 0 Å². The van der Waals surface area contributed by atoms with E-state index < -0.39 is 0 Å². The maximum atomic E-state index is 12.1. The average Bonchev–Trinajstić information content (AvgIpc) is 2.40. The van der Waals surface area contributed by atoms with E-state index in [4.69, 9.17) is 46.4 Å². The molecule has 0 aliphatic rings. The van der Waals surface area contributed by atoms with Gasteiger partial charge in [-0.25, -0.2) is 0 Å². The van der Waals surface area contributed by atoms with Gasteiger partial charge in [-0.1, -0.05) is 70.7 Å². The highest BCUT2D eigenvalue weighted by molar-refractivity contribution is 6.43. The van der Waals surface area contributed by atoms with Crippen molar-refractivity contribution in [2.45, 2.75) is 12.8 Å². The van der Waals surface area contributed by atoms with Crippen LogP contribution in [0.1, 0.15) is 11.1 Å². The molecule has 0 spiro atoms. The van der Waals surface area contributed by atoms with Crippen molar-refractivity contribution in [3.8, 4) is 0 Å². The van der Waals surface area contributed by atoms with Crippen molar-refractivity contribution in [1.82, 2.24) is 0 Å². The smallest absolute Gasteiger partial charge is 0.141 e. The molecule has 0 saturated carbocycles. The van der Waals surface area contributed by atoms with E-state index in [9.17, 15) is 4.79 Å². The molecule has 2 rings (SSSR count). The summed E-state index contributed by atoms with van der Waals surface area (Å²) in [5.74, 6) is -0.00154. The van der Waals surface area contributed by atoms with Crippen molar-refractivity contribution in [3.63, 3.8) is 0 Å². The second-order valence-electron chi connectivity index (χ2n) is 4.32. The first-order chi connectivity index (χ1) is 9.49. The normalized spacial score (nSPS) is 10.6. The Morgan fingerprint density at radius 2 is 1.15 bits per heavy atom. The molecule has 0 radical (unpaired) electrons. The molecule has 5 heteroatoms. The molecule has 0 unspecified atom stereocenters. The van der Waals surface area contributed by atoms with Gasteiger partial charge in [0.25, 0.3) is 0 Å². The standard InChI is InChI=1S/C15H10Cl4O/c16-12-5-1-3-9(14(12)18)7-11(20)8-10-4-2-6-13(17)15(10)19/h1-6H,7-8H2. The monoisotopic (exact) mass is 346 g/mol.